The summed E-state index contributed by atoms with van der Waals surface area (Å²) in [5.74, 6) is 1.95. The predicted octanol–water partition coefficient (Wildman–Crippen LogP) is 3.28. The van der Waals surface area contributed by atoms with E-state index in [1.54, 1.807) is 0 Å². The lowest BCUT2D eigenvalue weighted by molar-refractivity contribution is -0.0502. The molecule has 2 atom stereocenters. The van der Waals surface area contributed by atoms with Gasteiger partial charge in [-0.3, -0.25) is 9.89 Å². The molecule has 0 aliphatic carbocycles. The topological polar surface area (TPSA) is 43.3 Å². The van der Waals surface area contributed by atoms with Gasteiger partial charge < -0.3 is 19.9 Å². The van der Waals surface area contributed by atoms with Crippen LogP contribution >= 0.6 is 24.0 Å². The number of piperidine rings is 1. The van der Waals surface area contributed by atoms with E-state index in [0.717, 1.165) is 51.2 Å². The number of rotatable bonds is 7. The van der Waals surface area contributed by atoms with Crippen LogP contribution < -0.4 is 5.32 Å². The quantitative estimate of drug-likeness (QED) is 0.242. The third kappa shape index (κ3) is 7.05. The minimum absolute atomic E-state index is 0. The van der Waals surface area contributed by atoms with E-state index in [9.17, 15) is 0 Å². The molecule has 0 amide bonds. The fourth-order valence-corrected chi connectivity index (χ4v) is 5.22. The van der Waals surface area contributed by atoms with Crippen molar-refractivity contribution in [3.8, 4) is 0 Å². The first-order valence-corrected chi connectivity index (χ1v) is 12.3. The summed E-state index contributed by atoms with van der Waals surface area (Å²) in [7, 11) is 1.90. The van der Waals surface area contributed by atoms with E-state index in [2.05, 4.69) is 62.3 Å². The van der Waals surface area contributed by atoms with Crippen LogP contribution in [0.3, 0.4) is 0 Å². The van der Waals surface area contributed by atoms with E-state index in [1.807, 2.05) is 7.05 Å². The molecule has 3 aliphatic rings. The Hall–Kier alpha value is -0.900. The van der Waals surface area contributed by atoms with Crippen LogP contribution in [0.15, 0.2) is 35.3 Å². The van der Waals surface area contributed by atoms with Crippen LogP contribution in [0.1, 0.15) is 38.2 Å². The van der Waals surface area contributed by atoms with Crippen molar-refractivity contribution in [1.82, 2.24) is 20.0 Å². The molecule has 0 radical (unpaired) electrons. The minimum Gasteiger partial charge on any atom is -0.373 e. The highest BCUT2D eigenvalue weighted by molar-refractivity contribution is 14.0. The Morgan fingerprint density at radius 2 is 1.88 bits per heavy atom. The van der Waals surface area contributed by atoms with Crippen molar-refractivity contribution in [3.63, 3.8) is 0 Å². The molecule has 3 heterocycles. The number of guanidine groups is 1. The second kappa shape index (κ2) is 13.1. The SMILES string of the molecule is CN=C(NCCCCN1CCC(C)CC1)N1CC2OCCN(Cc3ccccc3)C2C1.I. The number of fused-ring (bicyclic) bond motifs is 1. The molecule has 2 unspecified atom stereocenters. The average molecular weight is 556 g/mol. The molecule has 4 rings (SSSR count). The fourth-order valence-electron chi connectivity index (χ4n) is 5.22. The Balaban J connectivity index is 0.00000289. The van der Waals surface area contributed by atoms with Gasteiger partial charge in [0.1, 0.15) is 0 Å². The number of morpholine rings is 1. The zero-order valence-electron chi connectivity index (χ0n) is 19.9. The first kappa shape index (κ1) is 25.7. The van der Waals surface area contributed by atoms with Crippen molar-refractivity contribution >= 4 is 29.9 Å². The van der Waals surface area contributed by atoms with Crippen LogP contribution in [0.4, 0.5) is 0 Å². The molecule has 3 aliphatic heterocycles. The van der Waals surface area contributed by atoms with Crippen LogP contribution in [0.5, 0.6) is 0 Å². The molecular weight excluding hydrogens is 513 g/mol. The number of likely N-dealkylation sites (tertiary alicyclic amines) is 2. The van der Waals surface area contributed by atoms with Crippen molar-refractivity contribution in [1.29, 1.82) is 0 Å². The Kier molecular flexibility index (Phi) is 10.5. The van der Waals surface area contributed by atoms with Gasteiger partial charge >= 0.3 is 0 Å². The molecule has 3 fully saturated rings. The van der Waals surface area contributed by atoms with Crippen molar-refractivity contribution in [2.75, 3.05) is 59.5 Å². The Morgan fingerprint density at radius 3 is 2.62 bits per heavy atom. The monoisotopic (exact) mass is 555 g/mol. The van der Waals surface area contributed by atoms with Gasteiger partial charge in [-0.2, -0.15) is 0 Å². The summed E-state index contributed by atoms with van der Waals surface area (Å²) in [6, 6.07) is 11.2. The van der Waals surface area contributed by atoms with Crippen LogP contribution in [0, 0.1) is 5.92 Å². The molecule has 7 heteroatoms. The van der Waals surface area contributed by atoms with Crippen molar-refractivity contribution in [2.24, 2.45) is 10.9 Å². The summed E-state index contributed by atoms with van der Waals surface area (Å²) in [6.45, 7) is 11.9. The van der Waals surface area contributed by atoms with Crippen LogP contribution in [0.25, 0.3) is 0 Å². The lowest BCUT2D eigenvalue weighted by Crippen LogP contribution is -2.50. The van der Waals surface area contributed by atoms with Gasteiger partial charge in [-0.15, -0.1) is 24.0 Å². The van der Waals surface area contributed by atoms with Gasteiger partial charge in [-0.05, 0) is 56.8 Å². The molecule has 0 spiro atoms. The fraction of sp³-hybridized carbons (Fsp3) is 0.720. The molecule has 0 aromatic heterocycles. The molecule has 0 bridgehead atoms. The van der Waals surface area contributed by atoms with E-state index in [0.29, 0.717) is 6.04 Å². The van der Waals surface area contributed by atoms with Gasteiger partial charge in [0.15, 0.2) is 5.96 Å². The number of benzene rings is 1. The number of aliphatic imine (C=N–C) groups is 1. The Bertz CT molecular complexity index is 695. The van der Waals surface area contributed by atoms with Crippen molar-refractivity contribution in [3.05, 3.63) is 35.9 Å². The summed E-state index contributed by atoms with van der Waals surface area (Å²) < 4.78 is 6.14. The highest BCUT2D eigenvalue weighted by Crippen LogP contribution is 2.24. The third-order valence-corrected chi connectivity index (χ3v) is 7.22. The normalized spacial score (nSPS) is 25.4. The largest absolute Gasteiger partial charge is 0.373 e. The predicted molar refractivity (Wildman–Crippen MR) is 143 cm³/mol. The second-order valence-corrected chi connectivity index (χ2v) is 9.54. The Morgan fingerprint density at radius 1 is 1.09 bits per heavy atom. The summed E-state index contributed by atoms with van der Waals surface area (Å²) in [4.78, 5) is 12.2. The molecule has 0 saturated carbocycles. The highest BCUT2D eigenvalue weighted by Gasteiger charge is 2.41. The molecule has 32 heavy (non-hydrogen) atoms. The number of hydrogen-bond acceptors (Lipinski definition) is 4. The zero-order valence-corrected chi connectivity index (χ0v) is 22.2. The molecule has 3 saturated heterocycles. The average Bonchev–Trinajstić information content (AvgIpc) is 3.23. The lowest BCUT2D eigenvalue weighted by Gasteiger charge is -2.36. The third-order valence-electron chi connectivity index (χ3n) is 7.22. The van der Waals surface area contributed by atoms with E-state index in [-0.39, 0.29) is 30.1 Å². The van der Waals surface area contributed by atoms with Gasteiger partial charge in [0.05, 0.1) is 18.8 Å². The molecular formula is C25H42IN5O. The number of hydrogen-bond donors (Lipinski definition) is 1. The first-order chi connectivity index (χ1) is 15.2. The van der Waals surface area contributed by atoms with Gasteiger partial charge in [0, 0.05) is 39.8 Å². The lowest BCUT2D eigenvalue weighted by atomic mass is 9.99. The molecule has 1 N–H and O–H groups in total. The zero-order chi connectivity index (χ0) is 21.5. The van der Waals surface area contributed by atoms with Crippen LogP contribution in [0.2, 0.25) is 0 Å². The van der Waals surface area contributed by atoms with Crippen LogP contribution in [-0.4, -0.2) is 92.3 Å². The number of halogens is 1. The number of nitrogens with one attached hydrogen (secondary N) is 1. The second-order valence-electron chi connectivity index (χ2n) is 9.54. The van der Waals surface area contributed by atoms with E-state index < -0.39 is 0 Å². The van der Waals surface area contributed by atoms with Gasteiger partial charge in [-0.25, -0.2) is 0 Å². The van der Waals surface area contributed by atoms with Gasteiger partial charge in [0.25, 0.3) is 0 Å². The minimum atomic E-state index is 0. The van der Waals surface area contributed by atoms with Crippen molar-refractivity contribution < 1.29 is 4.74 Å². The van der Waals surface area contributed by atoms with Gasteiger partial charge in [-0.1, -0.05) is 37.3 Å². The maximum Gasteiger partial charge on any atom is 0.193 e. The summed E-state index contributed by atoms with van der Waals surface area (Å²) in [5, 5.41) is 3.61. The number of nitrogens with zero attached hydrogens (tertiary/aromatic N) is 4. The summed E-state index contributed by atoms with van der Waals surface area (Å²) in [6.07, 6.45) is 5.47. The molecule has 1 aromatic rings. The first-order valence-electron chi connectivity index (χ1n) is 12.3. The maximum atomic E-state index is 6.14. The summed E-state index contributed by atoms with van der Waals surface area (Å²) in [5.41, 5.74) is 1.38. The molecule has 6 nitrogen and oxygen atoms in total. The molecule has 180 valence electrons. The maximum absolute atomic E-state index is 6.14. The van der Waals surface area contributed by atoms with Gasteiger partial charge in [0.2, 0.25) is 0 Å². The smallest absolute Gasteiger partial charge is 0.193 e. The van der Waals surface area contributed by atoms with E-state index in [1.165, 1.54) is 50.9 Å². The van der Waals surface area contributed by atoms with E-state index >= 15 is 0 Å². The Labute approximate surface area is 211 Å². The molecule has 1 aromatic carbocycles. The van der Waals surface area contributed by atoms with Crippen LogP contribution in [-0.2, 0) is 11.3 Å². The summed E-state index contributed by atoms with van der Waals surface area (Å²) >= 11 is 0. The van der Waals surface area contributed by atoms with E-state index in [4.69, 9.17) is 4.74 Å². The standard InChI is InChI=1S/C25H41N5O.HI/c1-21-10-14-28(15-11-21)13-7-6-12-27-25(26-2)30-19-23-24(20-30)31-17-16-29(23)18-22-8-4-3-5-9-22;/h3-5,8-9,21,23-24H,6-7,10-20H2,1-2H3,(H,26,27);1H. The van der Waals surface area contributed by atoms with Crippen molar-refractivity contribution in [2.45, 2.75) is 51.3 Å². The number of ether oxygens (including phenoxy) is 1. The number of unbranched alkanes of at least 4 members (excludes halogenated alkanes) is 1. The highest BCUT2D eigenvalue weighted by atomic mass is 127.